The molecule has 0 spiro atoms. The summed E-state index contributed by atoms with van der Waals surface area (Å²) in [5.74, 6) is 0.390. The molecule has 0 aliphatic heterocycles. The lowest BCUT2D eigenvalue weighted by atomic mass is 9.95. The van der Waals surface area contributed by atoms with Crippen molar-refractivity contribution in [3.05, 3.63) is 41.8 Å². The lowest BCUT2D eigenvalue weighted by molar-refractivity contribution is 0.861. The summed E-state index contributed by atoms with van der Waals surface area (Å²) in [6.45, 7) is 7.97. The molecule has 0 heterocycles. The van der Waals surface area contributed by atoms with Gasteiger partial charge in [-0.3, -0.25) is 0 Å². The first-order valence-corrected chi connectivity index (χ1v) is 4.01. The van der Waals surface area contributed by atoms with E-state index in [1.165, 1.54) is 0 Å². The Morgan fingerprint density at radius 2 is 2.08 bits per heavy atom. The fraction of sp³-hybridized carbons (Fsp3) is 0.273. The second-order valence-corrected chi connectivity index (χ2v) is 3.15. The van der Waals surface area contributed by atoms with Crippen LogP contribution in [0.1, 0.15) is 36.5 Å². The van der Waals surface area contributed by atoms with Gasteiger partial charge in [0.1, 0.15) is 0 Å². The van der Waals surface area contributed by atoms with Gasteiger partial charge in [0, 0.05) is 0 Å². The standard InChI is InChI=1S/C11H12N/c1-8(2)10-6-4-5-9(3)11(10)7-12/h4-6,8H,3H2,1-2H3. The van der Waals surface area contributed by atoms with Crippen molar-refractivity contribution < 1.29 is 0 Å². The van der Waals surface area contributed by atoms with E-state index in [0.29, 0.717) is 5.92 Å². The third-order valence-electron chi connectivity index (χ3n) is 1.92. The topological polar surface area (TPSA) is 23.8 Å². The van der Waals surface area contributed by atoms with Gasteiger partial charge in [-0.2, -0.15) is 5.26 Å². The number of hydrogen-bond donors (Lipinski definition) is 0. The first-order chi connectivity index (χ1) is 5.66. The molecule has 0 atom stereocenters. The van der Waals surface area contributed by atoms with Crippen molar-refractivity contribution in [1.82, 2.24) is 0 Å². The maximum atomic E-state index is 8.86. The maximum absolute atomic E-state index is 8.86. The average molecular weight is 158 g/mol. The SMILES string of the molecule is [CH2]c1cccc(C(C)C)c1C#N. The first-order valence-electron chi connectivity index (χ1n) is 4.01. The van der Waals surface area contributed by atoms with E-state index in [1.54, 1.807) is 0 Å². The zero-order chi connectivity index (χ0) is 9.14. The van der Waals surface area contributed by atoms with Gasteiger partial charge in [0.15, 0.2) is 0 Å². The summed E-state index contributed by atoms with van der Waals surface area (Å²) in [5.41, 5.74) is 2.64. The van der Waals surface area contributed by atoms with Gasteiger partial charge in [0.05, 0.1) is 11.6 Å². The van der Waals surface area contributed by atoms with Gasteiger partial charge >= 0.3 is 0 Å². The highest BCUT2D eigenvalue weighted by atomic mass is 14.3. The largest absolute Gasteiger partial charge is 0.192 e. The van der Waals surface area contributed by atoms with Crippen molar-refractivity contribution >= 4 is 0 Å². The van der Waals surface area contributed by atoms with Crippen LogP contribution in [0.5, 0.6) is 0 Å². The summed E-state index contributed by atoms with van der Waals surface area (Å²) < 4.78 is 0. The lowest BCUT2D eigenvalue weighted by Crippen LogP contribution is -1.94. The van der Waals surface area contributed by atoms with Gasteiger partial charge in [-0.1, -0.05) is 32.0 Å². The van der Waals surface area contributed by atoms with Crippen LogP contribution in [-0.4, -0.2) is 0 Å². The van der Waals surface area contributed by atoms with Crippen molar-refractivity contribution in [3.63, 3.8) is 0 Å². The molecule has 0 bridgehead atoms. The molecule has 0 aliphatic rings. The molecular formula is C11H12N. The number of rotatable bonds is 1. The van der Waals surface area contributed by atoms with Crippen molar-refractivity contribution in [2.75, 3.05) is 0 Å². The van der Waals surface area contributed by atoms with Crippen LogP contribution in [0, 0.1) is 18.3 Å². The fourth-order valence-electron chi connectivity index (χ4n) is 1.24. The Labute approximate surface area is 73.6 Å². The highest BCUT2D eigenvalue weighted by Gasteiger charge is 2.07. The van der Waals surface area contributed by atoms with E-state index in [2.05, 4.69) is 26.8 Å². The molecule has 1 aromatic carbocycles. The molecule has 0 saturated heterocycles. The Morgan fingerprint density at radius 1 is 1.42 bits per heavy atom. The maximum Gasteiger partial charge on any atom is 0.0997 e. The molecule has 12 heavy (non-hydrogen) atoms. The monoisotopic (exact) mass is 158 g/mol. The third-order valence-corrected chi connectivity index (χ3v) is 1.92. The predicted octanol–water partition coefficient (Wildman–Crippen LogP) is 2.86. The van der Waals surface area contributed by atoms with Crippen LogP contribution in [0.15, 0.2) is 18.2 Å². The molecule has 1 nitrogen and oxygen atoms in total. The van der Waals surface area contributed by atoms with Crippen LogP contribution in [-0.2, 0) is 0 Å². The first kappa shape index (κ1) is 8.80. The zero-order valence-corrected chi connectivity index (χ0v) is 7.46. The molecule has 61 valence electrons. The number of benzene rings is 1. The highest BCUT2D eigenvalue weighted by Crippen LogP contribution is 2.20. The average Bonchev–Trinajstić information content (AvgIpc) is 2.03. The van der Waals surface area contributed by atoms with E-state index < -0.39 is 0 Å². The summed E-state index contributed by atoms with van der Waals surface area (Å²) in [6, 6.07) is 7.98. The minimum atomic E-state index is 0.390. The van der Waals surface area contributed by atoms with Gasteiger partial charge in [-0.05, 0) is 24.0 Å². The summed E-state index contributed by atoms with van der Waals surface area (Å²) in [5, 5.41) is 8.86. The van der Waals surface area contributed by atoms with Crippen LogP contribution < -0.4 is 0 Å². The van der Waals surface area contributed by atoms with Crippen molar-refractivity contribution in [2.24, 2.45) is 0 Å². The quantitative estimate of drug-likeness (QED) is 0.616. The summed E-state index contributed by atoms with van der Waals surface area (Å²) in [6.07, 6.45) is 0. The van der Waals surface area contributed by atoms with Crippen LogP contribution >= 0.6 is 0 Å². The molecule has 0 fully saturated rings. The van der Waals surface area contributed by atoms with Crippen molar-refractivity contribution in [2.45, 2.75) is 19.8 Å². The Balaban J connectivity index is 3.30. The van der Waals surface area contributed by atoms with E-state index >= 15 is 0 Å². The number of nitrogens with zero attached hydrogens (tertiary/aromatic N) is 1. The number of hydrogen-bond acceptors (Lipinski definition) is 1. The Morgan fingerprint density at radius 3 is 2.50 bits per heavy atom. The van der Waals surface area contributed by atoms with Gasteiger partial charge in [0.25, 0.3) is 0 Å². The van der Waals surface area contributed by atoms with Gasteiger partial charge in [0.2, 0.25) is 0 Å². The molecule has 0 saturated carbocycles. The van der Waals surface area contributed by atoms with E-state index in [-0.39, 0.29) is 0 Å². The lowest BCUT2D eigenvalue weighted by Gasteiger charge is -2.08. The third kappa shape index (κ3) is 1.48. The smallest absolute Gasteiger partial charge is 0.0997 e. The van der Waals surface area contributed by atoms with Crippen LogP contribution in [0.3, 0.4) is 0 Å². The van der Waals surface area contributed by atoms with Gasteiger partial charge in [-0.15, -0.1) is 0 Å². The van der Waals surface area contributed by atoms with Crippen LogP contribution in [0.4, 0.5) is 0 Å². The van der Waals surface area contributed by atoms with Crippen molar-refractivity contribution in [1.29, 1.82) is 5.26 Å². The number of nitriles is 1. The van der Waals surface area contributed by atoms with Gasteiger partial charge in [-0.25, -0.2) is 0 Å². The van der Waals surface area contributed by atoms with Gasteiger partial charge < -0.3 is 0 Å². The van der Waals surface area contributed by atoms with E-state index in [1.807, 2.05) is 18.2 Å². The molecule has 0 unspecified atom stereocenters. The molecule has 0 aliphatic carbocycles. The minimum absolute atomic E-state index is 0.390. The molecule has 1 aromatic rings. The predicted molar refractivity (Wildman–Crippen MR) is 49.7 cm³/mol. The Hall–Kier alpha value is -1.29. The molecule has 1 rings (SSSR count). The highest BCUT2D eigenvalue weighted by molar-refractivity contribution is 5.46. The summed E-state index contributed by atoms with van der Waals surface area (Å²) >= 11 is 0. The molecular weight excluding hydrogens is 146 g/mol. The molecule has 0 amide bonds. The molecule has 1 heteroatoms. The second-order valence-electron chi connectivity index (χ2n) is 3.15. The Bertz CT molecular complexity index is 318. The second kappa shape index (κ2) is 3.40. The Kier molecular flexibility index (Phi) is 2.50. The molecule has 1 radical (unpaired) electrons. The fourth-order valence-corrected chi connectivity index (χ4v) is 1.24. The van der Waals surface area contributed by atoms with E-state index in [9.17, 15) is 0 Å². The molecule has 0 aromatic heterocycles. The van der Waals surface area contributed by atoms with Crippen LogP contribution in [0.2, 0.25) is 0 Å². The van der Waals surface area contributed by atoms with Crippen LogP contribution in [0.25, 0.3) is 0 Å². The van der Waals surface area contributed by atoms with E-state index in [4.69, 9.17) is 5.26 Å². The van der Waals surface area contributed by atoms with Crippen molar-refractivity contribution in [3.8, 4) is 6.07 Å². The zero-order valence-electron chi connectivity index (χ0n) is 7.46. The van der Waals surface area contributed by atoms with E-state index in [0.717, 1.165) is 16.7 Å². The minimum Gasteiger partial charge on any atom is -0.192 e. The normalized spacial score (nSPS) is 9.92. The molecule has 0 N–H and O–H groups in total. The summed E-state index contributed by atoms with van der Waals surface area (Å²) in [4.78, 5) is 0. The summed E-state index contributed by atoms with van der Waals surface area (Å²) in [7, 11) is 0.